The number of rotatable bonds is 2. The van der Waals surface area contributed by atoms with Crippen LogP contribution in [0.4, 0.5) is 0 Å². The van der Waals surface area contributed by atoms with E-state index in [0.29, 0.717) is 18.9 Å². The number of nitrogens with one attached hydrogen (secondary N) is 1. The van der Waals surface area contributed by atoms with Gasteiger partial charge in [0, 0.05) is 31.6 Å². The molecule has 1 fully saturated rings. The number of hydrogen-bond donors (Lipinski definition) is 1. The molecule has 0 saturated carbocycles. The molecule has 1 saturated heterocycles. The van der Waals surface area contributed by atoms with Gasteiger partial charge < -0.3 is 10.1 Å². The summed E-state index contributed by atoms with van der Waals surface area (Å²) in [6.45, 7) is 1.43. The predicted octanol–water partition coefficient (Wildman–Crippen LogP) is 0.385. The van der Waals surface area contributed by atoms with Crippen molar-refractivity contribution in [3.63, 3.8) is 0 Å². The van der Waals surface area contributed by atoms with Crippen LogP contribution < -0.4 is 5.32 Å². The van der Waals surface area contributed by atoms with Gasteiger partial charge in [-0.1, -0.05) is 0 Å². The van der Waals surface area contributed by atoms with Crippen LogP contribution in [-0.2, 0) is 4.74 Å². The lowest BCUT2D eigenvalue weighted by Gasteiger charge is -2.22. The second kappa shape index (κ2) is 4.84. The van der Waals surface area contributed by atoms with E-state index in [0.717, 1.165) is 12.8 Å². The van der Waals surface area contributed by atoms with E-state index < -0.39 is 0 Å². The summed E-state index contributed by atoms with van der Waals surface area (Å²) < 4.78 is 5.21. The number of nitrogens with zero attached hydrogens (tertiary/aromatic N) is 2. The highest BCUT2D eigenvalue weighted by molar-refractivity contribution is 5.92. The fourth-order valence-corrected chi connectivity index (χ4v) is 1.52. The predicted molar refractivity (Wildman–Crippen MR) is 53.3 cm³/mol. The smallest absolute Gasteiger partial charge is 0.271 e. The zero-order valence-electron chi connectivity index (χ0n) is 8.35. The Kier molecular flexibility index (Phi) is 3.24. The normalized spacial score (nSPS) is 17.3. The van der Waals surface area contributed by atoms with Crippen LogP contribution >= 0.6 is 0 Å². The van der Waals surface area contributed by atoms with Crippen molar-refractivity contribution in [1.29, 1.82) is 0 Å². The number of ether oxygens (including phenoxy) is 1. The van der Waals surface area contributed by atoms with Crippen molar-refractivity contribution in [2.75, 3.05) is 13.2 Å². The summed E-state index contributed by atoms with van der Waals surface area (Å²) in [6.07, 6.45) is 6.26. The fraction of sp³-hybridized carbons (Fsp3) is 0.500. The molecular formula is C10H13N3O2. The van der Waals surface area contributed by atoms with Crippen LogP contribution in [0.15, 0.2) is 18.6 Å². The van der Waals surface area contributed by atoms with Crippen LogP contribution in [0.5, 0.6) is 0 Å². The summed E-state index contributed by atoms with van der Waals surface area (Å²) in [5.41, 5.74) is 0.365. The summed E-state index contributed by atoms with van der Waals surface area (Å²) in [5.74, 6) is -0.157. The largest absolute Gasteiger partial charge is 0.381 e. The molecule has 1 aromatic heterocycles. The molecule has 0 aliphatic carbocycles. The summed E-state index contributed by atoms with van der Waals surface area (Å²) in [6, 6.07) is 0.202. The van der Waals surface area contributed by atoms with Gasteiger partial charge in [0.1, 0.15) is 5.69 Å². The van der Waals surface area contributed by atoms with Crippen LogP contribution in [0.1, 0.15) is 23.3 Å². The molecule has 15 heavy (non-hydrogen) atoms. The number of amides is 1. The number of hydrogen-bond acceptors (Lipinski definition) is 4. The first kappa shape index (κ1) is 10.0. The molecule has 5 nitrogen and oxygen atoms in total. The van der Waals surface area contributed by atoms with Gasteiger partial charge in [-0.15, -0.1) is 0 Å². The molecule has 5 heteroatoms. The molecule has 0 bridgehead atoms. The van der Waals surface area contributed by atoms with Gasteiger partial charge >= 0.3 is 0 Å². The topological polar surface area (TPSA) is 64.1 Å². The van der Waals surface area contributed by atoms with E-state index in [-0.39, 0.29) is 11.9 Å². The van der Waals surface area contributed by atoms with Crippen LogP contribution in [0.25, 0.3) is 0 Å². The first-order valence-corrected chi connectivity index (χ1v) is 5.01. The Morgan fingerprint density at radius 2 is 2.20 bits per heavy atom. The van der Waals surface area contributed by atoms with Crippen molar-refractivity contribution in [3.05, 3.63) is 24.3 Å². The summed E-state index contributed by atoms with van der Waals surface area (Å²) in [7, 11) is 0. The van der Waals surface area contributed by atoms with E-state index in [1.165, 1.54) is 12.4 Å². The lowest BCUT2D eigenvalue weighted by atomic mass is 10.1. The maximum Gasteiger partial charge on any atom is 0.271 e. The molecular weight excluding hydrogens is 194 g/mol. The van der Waals surface area contributed by atoms with Gasteiger partial charge in [0.2, 0.25) is 0 Å². The molecule has 0 atom stereocenters. The third kappa shape index (κ3) is 2.73. The molecule has 0 aromatic carbocycles. The fourth-order valence-electron chi connectivity index (χ4n) is 1.52. The van der Waals surface area contributed by atoms with Gasteiger partial charge in [0.25, 0.3) is 5.91 Å². The van der Waals surface area contributed by atoms with Crippen molar-refractivity contribution in [2.45, 2.75) is 18.9 Å². The minimum atomic E-state index is -0.157. The molecule has 80 valence electrons. The Morgan fingerprint density at radius 3 is 2.87 bits per heavy atom. The van der Waals surface area contributed by atoms with Gasteiger partial charge in [-0.25, -0.2) is 4.98 Å². The summed E-state index contributed by atoms with van der Waals surface area (Å²) in [4.78, 5) is 19.4. The molecule has 2 heterocycles. The van der Waals surface area contributed by atoms with Crippen LogP contribution in [0.3, 0.4) is 0 Å². The Balaban J connectivity index is 1.91. The first-order valence-electron chi connectivity index (χ1n) is 5.01. The van der Waals surface area contributed by atoms with Crippen molar-refractivity contribution < 1.29 is 9.53 Å². The minimum absolute atomic E-state index is 0.157. The molecule has 1 N–H and O–H groups in total. The number of carbonyl (C=O) groups is 1. The van der Waals surface area contributed by atoms with Gasteiger partial charge in [-0.2, -0.15) is 0 Å². The molecule has 0 radical (unpaired) electrons. The molecule has 1 aliphatic heterocycles. The quantitative estimate of drug-likeness (QED) is 0.761. The van der Waals surface area contributed by atoms with Crippen molar-refractivity contribution in [1.82, 2.24) is 15.3 Å². The Hall–Kier alpha value is -1.49. The maximum atomic E-state index is 11.7. The average Bonchev–Trinajstić information content (AvgIpc) is 2.31. The zero-order valence-corrected chi connectivity index (χ0v) is 8.35. The van der Waals surface area contributed by atoms with Gasteiger partial charge in [-0.3, -0.25) is 9.78 Å². The van der Waals surface area contributed by atoms with Gasteiger partial charge in [0.05, 0.1) is 6.20 Å². The van der Waals surface area contributed by atoms with E-state index >= 15 is 0 Å². The number of carbonyl (C=O) groups excluding carboxylic acids is 1. The Labute approximate surface area is 87.9 Å². The summed E-state index contributed by atoms with van der Waals surface area (Å²) in [5, 5.41) is 2.91. The standard InChI is InChI=1S/C10H13N3O2/c14-10(9-7-11-3-4-12-9)13-8-1-5-15-6-2-8/h3-4,7-8H,1-2,5-6H2,(H,13,14). The second-order valence-electron chi connectivity index (χ2n) is 3.45. The highest BCUT2D eigenvalue weighted by Gasteiger charge is 2.17. The zero-order chi connectivity index (χ0) is 10.5. The van der Waals surface area contributed by atoms with Crippen molar-refractivity contribution in [3.8, 4) is 0 Å². The third-order valence-corrected chi connectivity index (χ3v) is 2.35. The molecule has 0 spiro atoms. The van der Waals surface area contributed by atoms with Gasteiger partial charge in [0.15, 0.2) is 0 Å². The molecule has 0 unspecified atom stereocenters. The first-order chi connectivity index (χ1) is 7.36. The van der Waals surface area contributed by atoms with Gasteiger partial charge in [-0.05, 0) is 12.8 Å². The van der Waals surface area contributed by atoms with E-state index in [4.69, 9.17) is 4.74 Å². The van der Waals surface area contributed by atoms with Crippen LogP contribution in [0, 0.1) is 0 Å². The van der Waals surface area contributed by atoms with Crippen LogP contribution in [-0.4, -0.2) is 35.1 Å². The number of aromatic nitrogens is 2. The lowest BCUT2D eigenvalue weighted by molar-refractivity contribution is 0.0694. The van der Waals surface area contributed by atoms with E-state index in [2.05, 4.69) is 15.3 Å². The third-order valence-electron chi connectivity index (χ3n) is 2.35. The molecule has 1 aliphatic rings. The van der Waals surface area contributed by atoms with Crippen molar-refractivity contribution >= 4 is 5.91 Å². The lowest BCUT2D eigenvalue weighted by Crippen LogP contribution is -2.39. The van der Waals surface area contributed by atoms with E-state index in [1.54, 1.807) is 6.20 Å². The Bertz CT molecular complexity index is 323. The monoisotopic (exact) mass is 207 g/mol. The highest BCUT2D eigenvalue weighted by atomic mass is 16.5. The average molecular weight is 207 g/mol. The summed E-state index contributed by atoms with van der Waals surface area (Å²) >= 11 is 0. The SMILES string of the molecule is O=C(NC1CCOCC1)c1cnccn1. The van der Waals surface area contributed by atoms with E-state index in [9.17, 15) is 4.79 Å². The minimum Gasteiger partial charge on any atom is -0.381 e. The van der Waals surface area contributed by atoms with E-state index in [1.807, 2.05) is 0 Å². The molecule has 1 amide bonds. The Morgan fingerprint density at radius 1 is 1.40 bits per heavy atom. The van der Waals surface area contributed by atoms with Crippen molar-refractivity contribution in [2.24, 2.45) is 0 Å². The highest BCUT2D eigenvalue weighted by Crippen LogP contribution is 2.06. The molecule has 1 aromatic rings. The van der Waals surface area contributed by atoms with Crippen LogP contribution in [0.2, 0.25) is 0 Å². The maximum absolute atomic E-state index is 11.7. The molecule has 2 rings (SSSR count). The second-order valence-corrected chi connectivity index (χ2v) is 3.45.